The van der Waals surface area contributed by atoms with Crippen LogP contribution in [0.4, 0.5) is 10.1 Å². The van der Waals surface area contributed by atoms with Crippen molar-refractivity contribution in [3.63, 3.8) is 0 Å². The van der Waals surface area contributed by atoms with Gasteiger partial charge in [-0.05, 0) is 44.0 Å². The molecule has 0 bridgehead atoms. The largest absolute Gasteiger partial charge is 0.369 e. The molecule has 4 nitrogen and oxygen atoms in total. The van der Waals surface area contributed by atoms with Crippen LogP contribution >= 0.6 is 0 Å². The quantitative estimate of drug-likeness (QED) is 0.874. The first-order valence-corrected chi connectivity index (χ1v) is 6.57. The minimum atomic E-state index is -0.581. The van der Waals surface area contributed by atoms with Crippen LogP contribution in [-0.4, -0.2) is 25.2 Å². The summed E-state index contributed by atoms with van der Waals surface area (Å²) in [6.45, 7) is 5.36. The number of amides is 1. The summed E-state index contributed by atoms with van der Waals surface area (Å²) in [5, 5.41) is 5.77. The third-order valence-electron chi connectivity index (χ3n) is 3.25. The molecular weight excluding hydrogens is 247 g/mol. The van der Waals surface area contributed by atoms with E-state index >= 15 is 0 Å². The first-order chi connectivity index (χ1) is 9.13. The highest BCUT2D eigenvalue weighted by molar-refractivity contribution is 5.94. The molecule has 1 aromatic carbocycles. The molecule has 104 valence electrons. The zero-order valence-electron chi connectivity index (χ0n) is 11.3. The van der Waals surface area contributed by atoms with Crippen molar-refractivity contribution in [3.05, 3.63) is 29.1 Å². The smallest absolute Gasteiger partial charge is 0.253 e. The molecule has 1 heterocycles. The lowest BCUT2D eigenvalue weighted by molar-refractivity contribution is -0.126. The molecule has 0 saturated carbocycles. The summed E-state index contributed by atoms with van der Waals surface area (Å²) in [5.41, 5.74) is 1.89. The summed E-state index contributed by atoms with van der Waals surface area (Å²) < 4.78 is 19.5. The topological polar surface area (TPSA) is 50.4 Å². The molecule has 2 N–H and O–H groups in total. The zero-order valence-corrected chi connectivity index (χ0v) is 11.3. The highest BCUT2D eigenvalue weighted by atomic mass is 19.1. The van der Waals surface area contributed by atoms with Crippen molar-refractivity contribution in [1.29, 1.82) is 0 Å². The van der Waals surface area contributed by atoms with Crippen molar-refractivity contribution in [2.75, 3.05) is 18.5 Å². The van der Waals surface area contributed by atoms with Gasteiger partial charge in [-0.25, -0.2) is 4.39 Å². The van der Waals surface area contributed by atoms with Crippen molar-refractivity contribution >= 4 is 11.6 Å². The number of hydrogen-bond acceptors (Lipinski definition) is 3. The lowest BCUT2D eigenvalue weighted by atomic mass is 9.99. The third kappa shape index (κ3) is 3.11. The number of anilines is 1. The van der Waals surface area contributed by atoms with Crippen LogP contribution in [0.5, 0.6) is 0 Å². The predicted octanol–water partition coefficient (Wildman–Crippen LogP) is 1.83. The Morgan fingerprint density at radius 2 is 2.37 bits per heavy atom. The number of nitrogens with one attached hydrogen (secondary N) is 2. The molecule has 0 fully saturated rings. The fraction of sp³-hybridized carbons (Fsp3) is 0.500. The lowest BCUT2D eigenvalue weighted by Gasteiger charge is -2.20. The van der Waals surface area contributed by atoms with Crippen molar-refractivity contribution in [2.24, 2.45) is 0 Å². The van der Waals surface area contributed by atoms with E-state index in [1.807, 2.05) is 13.0 Å². The normalized spacial score (nSPS) is 15.7. The SMILES string of the molecule is CCOC(C)C(=O)Nc1ccc2c(c1F)CCNC2. The van der Waals surface area contributed by atoms with Gasteiger partial charge in [0.2, 0.25) is 0 Å². The highest BCUT2D eigenvalue weighted by Crippen LogP contribution is 2.24. The van der Waals surface area contributed by atoms with Gasteiger partial charge in [0.15, 0.2) is 0 Å². The molecule has 0 aromatic heterocycles. The summed E-state index contributed by atoms with van der Waals surface area (Å²) in [6.07, 6.45) is 0.0633. The minimum Gasteiger partial charge on any atom is -0.369 e. The average molecular weight is 266 g/mol. The summed E-state index contributed by atoms with van der Waals surface area (Å²) in [7, 11) is 0. The second-order valence-corrected chi connectivity index (χ2v) is 4.58. The molecule has 0 radical (unpaired) electrons. The Morgan fingerprint density at radius 1 is 1.58 bits per heavy atom. The summed E-state index contributed by atoms with van der Waals surface area (Å²) >= 11 is 0. The molecule has 2 rings (SSSR count). The van der Waals surface area contributed by atoms with Crippen LogP contribution < -0.4 is 10.6 Å². The Morgan fingerprint density at radius 3 is 3.11 bits per heavy atom. The molecule has 1 aromatic rings. The summed E-state index contributed by atoms with van der Waals surface area (Å²) in [5.74, 6) is -0.648. The first kappa shape index (κ1) is 14.0. The van der Waals surface area contributed by atoms with E-state index in [0.29, 0.717) is 25.1 Å². The van der Waals surface area contributed by atoms with Crippen LogP contribution in [0.1, 0.15) is 25.0 Å². The van der Waals surface area contributed by atoms with Gasteiger partial charge in [0.05, 0.1) is 5.69 Å². The fourth-order valence-corrected chi connectivity index (χ4v) is 2.19. The molecule has 19 heavy (non-hydrogen) atoms. The number of carbonyl (C=O) groups excluding carboxylic acids is 1. The second-order valence-electron chi connectivity index (χ2n) is 4.58. The average Bonchev–Trinajstić information content (AvgIpc) is 2.42. The number of ether oxygens (including phenoxy) is 1. The minimum absolute atomic E-state index is 0.234. The van der Waals surface area contributed by atoms with E-state index in [2.05, 4.69) is 10.6 Å². The zero-order chi connectivity index (χ0) is 13.8. The van der Waals surface area contributed by atoms with Crippen LogP contribution in [0.2, 0.25) is 0 Å². The van der Waals surface area contributed by atoms with Gasteiger partial charge < -0.3 is 15.4 Å². The van der Waals surface area contributed by atoms with E-state index < -0.39 is 6.10 Å². The predicted molar refractivity (Wildman–Crippen MR) is 71.5 cm³/mol. The molecule has 0 aliphatic carbocycles. The molecule has 0 spiro atoms. The molecule has 0 saturated heterocycles. The molecule has 1 unspecified atom stereocenters. The summed E-state index contributed by atoms with van der Waals surface area (Å²) in [4.78, 5) is 11.8. The van der Waals surface area contributed by atoms with Crippen molar-refractivity contribution in [3.8, 4) is 0 Å². The van der Waals surface area contributed by atoms with Gasteiger partial charge in [-0.2, -0.15) is 0 Å². The molecule has 1 aliphatic heterocycles. The Labute approximate surface area is 112 Å². The fourth-order valence-electron chi connectivity index (χ4n) is 2.19. The van der Waals surface area contributed by atoms with Gasteiger partial charge in [-0.3, -0.25) is 4.79 Å². The van der Waals surface area contributed by atoms with E-state index in [9.17, 15) is 9.18 Å². The third-order valence-corrected chi connectivity index (χ3v) is 3.25. The van der Waals surface area contributed by atoms with E-state index in [4.69, 9.17) is 4.74 Å². The lowest BCUT2D eigenvalue weighted by Crippen LogP contribution is -2.29. The standard InChI is InChI=1S/C14H19FN2O2/c1-3-19-9(2)14(18)17-12-5-4-10-8-16-7-6-11(10)13(12)15/h4-5,9,16H,3,6-8H2,1-2H3,(H,17,18). The van der Waals surface area contributed by atoms with Crippen molar-refractivity contribution in [1.82, 2.24) is 5.32 Å². The summed E-state index contributed by atoms with van der Waals surface area (Å²) in [6, 6.07) is 3.46. The van der Waals surface area contributed by atoms with Crippen LogP contribution in [0.15, 0.2) is 12.1 Å². The van der Waals surface area contributed by atoms with Gasteiger partial charge in [-0.15, -0.1) is 0 Å². The number of halogens is 1. The van der Waals surface area contributed by atoms with Crippen LogP contribution in [0, 0.1) is 5.82 Å². The number of fused-ring (bicyclic) bond motifs is 1. The Bertz CT molecular complexity index is 477. The number of hydrogen-bond donors (Lipinski definition) is 2. The van der Waals surface area contributed by atoms with Gasteiger partial charge in [-0.1, -0.05) is 6.07 Å². The van der Waals surface area contributed by atoms with Crippen molar-refractivity contribution in [2.45, 2.75) is 32.9 Å². The molecule has 1 atom stereocenters. The van der Waals surface area contributed by atoms with Crippen LogP contribution in [0.25, 0.3) is 0 Å². The molecule has 1 amide bonds. The Hall–Kier alpha value is -1.46. The van der Waals surface area contributed by atoms with Crippen LogP contribution in [0.3, 0.4) is 0 Å². The van der Waals surface area contributed by atoms with E-state index in [-0.39, 0.29) is 17.4 Å². The van der Waals surface area contributed by atoms with E-state index in [1.54, 1.807) is 13.0 Å². The van der Waals surface area contributed by atoms with Gasteiger partial charge in [0.25, 0.3) is 5.91 Å². The Kier molecular flexibility index (Phi) is 4.50. The molecule has 1 aliphatic rings. The molecule has 5 heteroatoms. The monoisotopic (exact) mass is 266 g/mol. The second kappa shape index (κ2) is 6.12. The van der Waals surface area contributed by atoms with Crippen molar-refractivity contribution < 1.29 is 13.9 Å². The van der Waals surface area contributed by atoms with Gasteiger partial charge in [0.1, 0.15) is 11.9 Å². The maximum atomic E-state index is 14.3. The van der Waals surface area contributed by atoms with Crippen LogP contribution in [-0.2, 0) is 22.5 Å². The molecular formula is C14H19FN2O2. The van der Waals surface area contributed by atoms with E-state index in [1.165, 1.54) is 0 Å². The van der Waals surface area contributed by atoms with E-state index in [0.717, 1.165) is 12.1 Å². The number of benzene rings is 1. The maximum absolute atomic E-state index is 14.3. The van der Waals surface area contributed by atoms with Gasteiger partial charge in [0, 0.05) is 13.2 Å². The van der Waals surface area contributed by atoms with Gasteiger partial charge >= 0.3 is 0 Å². The highest BCUT2D eigenvalue weighted by Gasteiger charge is 2.19. The first-order valence-electron chi connectivity index (χ1n) is 6.57. The number of rotatable bonds is 4. The number of carbonyl (C=O) groups is 1. The Balaban J connectivity index is 2.15. The maximum Gasteiger partial charge on any atom is 0.253 e.